The van der Waals surface area contributed by atoms with Gasteiger partial charge < -0.3 is 4.74 Å². The van der Waals surface area contributed by atoms with Crippen molar-refractivity contribution in [1.29, 1.82) is 0 Å². The lowest BCUT2D eigenvalue weighted by Gasteiger charge is -2.18. The second-order valence-electron chi connectivity index (χ2n) is 7.43. The van der Waals surface area contributed by atoms with Gasteiger partial charge in [-0.05, 0) is 19.9 Å². The second-order valence-corrected chi connectivity index (χ2v) is 7.43. The summed E-state index contributed by atoms with van der Waals surface area (Å²) in [7, 11) is 0. The van der Waals surface area contributed by atoms with Crippen LogP contribution in [-0.2, 0) is 14.3 Å². The number of nitrogens with one attached hydrogen (secondary N) is 1. The van der Waals surface area contributed by atoms with Crippen LogP contribution in [0.1, 0.15) is 39.6 Å². The van der Waals surface area contributed by atoms with Crippen molar-refractivity contribution in [1.82, 2.24) is 10.4 Å². The zero-order valence-electron chi connectivity index (χ0n) is 17.4. The van der Waals surface area contributed by atoms with Gasteiger partial charge in [-0.3, -0.25) is 39.7 Å². The molecule has 1 N–H and O–H groups in total. The Balaban J connectivity index is 1.61. The number of rotatable bonds is 7. The van der Waals surface area contributed by atoms with Gasteiger partial charge in [0.25, 0.3) is 11.6 Å². The lowest BCUT2D eigenvalue weighted by Crippen LogP contribution is -2.43. The van der Waals surface area contributed by atoms with Gasteiger partial charge in [-0.15, -0.1) is 0 Å². The lowest BCUT2D eigenvalue weighted by molar-refractivity contribution is -0.385. The van der Waals surface area contributed by atoms with Crippen molar-refractivity contribution in [3.63, 3.8) is 0 Å². The summed E-state index contributed by atoms with van der Waals surface area (Å²) in [6.07, 6.45) is -1.27. The molecule has 1 aliphatic rings. The van der Waals surface area contributed by atoms with E-state index in [1.165, 1.54) is 31.2 Å². The van der Waals surface area contributed by atoms with Crippen molar-refractivity contribution in [2.24, 2.45) is 5.92 Å². The molecule has 0 saturated carbocycles. The number of esters is 1. The molecule has 166 valence electrons. The first-order chi connectivity index (χ1) is 15.2. The summed E-state index contributed by atoms with van der Waals surface area (Å²) in [4.78, 5) is 60.0. The molecule has 32 heavy (non-hydrogen) atoms. The number of para-hydroxylation sites is 1. The molecule has 10 nitrogen and oxygen atoms in total. The molecule has 1 saturated heterocycles. The average molecular weight is 439 g/mol. The molecule has 0 aromatic heterocycles. The zero-order chi connectivity index (χ0) is 23.4. The fraction of sp³-hybridized carbons (Fsp3) is 0.273. The highest BCUT2D eigenvalue weighted by atomic mass is 16.6. The summed E-state index contributed by atoms with van der Waals surface area (Å²) in [5, 5.41) is 12.0. The fourth-order valence-electron chi connectivity index (χ4n) is 3.26. The number of aryl methyl sites for hydroxylation is 1. The molecule has 2 atom stereocenters. The summed E-state index contributed by atoms with van der Waals surface area (Å²) in [5.41, 5.74) is 3.06. The van der Waals surface area contributed by atoms with Crippen LogP contribution < -0.4 is 5.43 Å². The van der Waals surface area contributed by atoms with Crippen LogP contribution in [0, 0.1) is 23.0 Å². The van der Waals surface area contributed by atoms with Crippen LogP contribution in [0.25, 0.3) is 0 Å². The number of ketones is 1. The third-order valence-electron chi connectivity index (χ3n) is 5.04. The van der Waals surface area contributed by atoms with Crippen molar-refractivity contribution in [3.8, 4) is 0 Å². The van der Waals surface area contributed by atoms with Gasteiger partial charge >= 0.3 is 5.97 Å². The number of nitro groups is 1. The number of benzene rings is 2. The molecule has 10 heteroatoms. The number of amides is 2. The van der Waals surface area contributed by atoms with Crippen molar-refractivity contribution in [2.75, 3.05) is 6.54 Å². The minimum Gasteiger partial charge on any atom is -0.454 e. The molecule has 0 spiro atoms. The molecule has 0 radical (unpaired) electrons. The van der Waals surface area contributed by atoms with E-state index in [4.69, 9.17) is 4.74 Å². The molecule has 2 amide bonds. The van der Waals surface area contributed by atoms with E-state index in [0.29, 0.717) is 5.56 Å². The Morgan fingerprint density at radius 1 is 1.16 bits per heavy atom. The lowest BCUT2D eigenvalue weighted by atomic mass is 10.1. The minimum absolute atomic E-state index is 0.171. The first kappa shape index (κ1) is 22.6. The van der Waals surface area contributed by atoms with Gasteiger partial charge in [0.2, 0.25) is 11.7 Å². The zero-order valence-corrected chi connectivity index (χ0v) is 17.4. The van der Waals surface area contributed by atoms with Gasteiger partial charge in [-0.2, -0.15) is 0 Å². The average Bonchev–Trinajstić information content (AvgIpc) is 3.14. The molecule has 3 rings (SSSR count). The topological polar surface area (TPSA) is 136 Å². The number of hydrogen-bond acceptors (Lipinski definition) is 7. The van der Waals surface area contributed by atoms with E-state index in [1.54, 1.807) is 24.3 Å². The molecule has 0 unspecified atom stereocenters. The Kier molecular flexibility index (Phi) is 6.62. The van der Waals surface area contributed by atoms with E-state index in [0.717, 1.165) is 10.6 Å². The number of ether oxygens (including phenoxy) is 1. The summed E-state index contributed by atoms with van der Waals surface area (Å²) < 4.78 is 5.25. The number of carbonyl (C=O) groups excluding carboxylic acids is 4. The largest absolute Gasteiger partial charge is 0.454 e. The number of Topliss-reactive ketones (excluding diaryl/α,β-unsaturated/α-hetero) is 1. The highest BCUT2D eigenvalue weighted by Crippen LogP contribution is 2.21. The van der Waals surface area contributed by atoms with Crippen LogP contribution in [0.15, 0.2) is 48.5 Å². The van der Waals surface area contributed by atoms with E-state index >= 15 is 0 Å². The minimum atomic E-state index is -1.05. The maximum Gasteiger partial charge on any atom is 0.312 e. The molecular weight excluding hydrogens is 418 g/mol. The maximum atomic E-state index is 12.5. The van der Waals surface area contributed by atoms with Crippen LogP contribution in [0.3, 0.4) is 0 Å². The van der Waals surface area contributed by atoms with Gasteiger partial charge in [0.05, 0.1) is 17.4 Å². The van der Waals surface area contributed by atoms with Crippen LogP contribution in [0.2, 0.25) is 0 Å². The molecule has 0 aliphatic carbocycles. The van der Waals surface area contributed by atoms with Gasteiger partial charge in [-0.1, -0.05) is 42.0 Å². The number of hydrogen-bond donors (Lipinski definition) is 1. The molecule has 1 heterocycles. The normalized spacial score (nSPS) is 16.4. The Morgan fingerprint density at radius 3 is 2.47 bits per heavy atom. The first-order valence-corrected chi connectivity index (χ1v) is 9.83. The molecule has 0 bridgehead atoms. The smallest absolute Gasteiger partial charge is 0.312 e. The SMILES string of the molecule is Cc1ccc(C(=O)[C@@H](C)OC(=O)[C@@H]2CC(=O)N(NC(=O)c3ccccc3[N+](=O)[O-])C2)cc1. The quantitative estimate of drug-likeness (QED) is 0.302. The molecule has 2 aromatic carbocycles. The third-order valence-corrected chi connectivity index (χ3v) is 5.04. The van der Waals surface area contributed by atoms with Crippen LogP contribution in [0.4, 0.5) is 5.69 Å². The summed E-state index contributed by atoms with van der Waals surface area (Å²) in [5.74, 6) is -3.39. The predicted octanol–water partition coefficient (Wildman–Crippen LogP) is 2.21. The van der Waals surface area contributed by atoms with E-state index in [9.17, 15) is 29.3 Å². The fourth-order valence-corrected chi connectivity index (χ4v) is 3.26. The Hall–Kier alpha value is -4.08. The Labute approximate surface area is 183 Å². The summed E-state index contributed by atoms with van der Waals surface area (Å²) >= 11 is 0. The van der Waals surface area contributed by atoms with Crippen LogP contribution in [-0.4, -0.2) is 46.1 Å². The third kappa shape index (κ3) is 4.97. The first-order valence-electron chi connectivity index (χ1n) is 9.83. The van der Waals surface area contributed by atoms with Crippen molar-refractivity contribution >= 4 is 29.3 Å². The highest BCUT2D eigenvalue weighted by molar-refractivity contribution is 6.01. The monoisotopic (exact) mass is 439 g/mol. The van der Waals surface area contributed by atoms with E-state index in [1.807, 2.05) is 6.92 Å². The molecule has 1 fully saturated rings. The summed E-state index contributed by atoms with van der Waals surface area (Å²) in [6.45, 7) is 3.16. The summed E-state index contributed by atoms with van der Waals surface area (Å²) in [6, 6.07) is 12.1. The standard InChI is InChI=1S/C22H21N3O7/c1-13-7-9-15(10-8-13)20(27)14(2)32-22(29)16-11-19(26)24(12-16)23-21(28)17-5-3-4-6-18(17)25(30)31/h3-10,14,16H,11-12H2,1-2H3,(H,23,28)/t14-,16-/m1/s1. The maximum absolute atomic E-state index is 12.5. The van der Waals surface area contributed by atoms with Crippen molar-refractivity contribution in [3.05, 3.63) is 75.3 Å². The number of nitro benzene ring substituents is 1. The molecule has 1 aliphatic heterocycles. The van der Waals surface area contributed by atoms with Crippen LogP contribution in [0.5, 0.6) is 0 Å². The van der Waals surface area contributed by atoms with E-state index in [-0.39, 0.29) is 24.3 Å². The van der Waals surface area contributed by atoms with Crippen molar-refractivity contribution < 1.29 is 28.8 Å². The van der Waals surface area contributed by atoms with Gasteiger partial charge in [-0.25, -0.2) is 0 Å². The van der Waals surface area contributed by atoms with E-state index in [2.05, 4.69) is 5.43 Å². The predicted molar refractivity (Wildman–Crippen MR) is 111 cm³/mol. The Morgan fingerprint density at radius 2 is 1.81 bits per heavy atom. The van der Waals surface area contributed by atoms with Gasteiger partial charge in [0, 0.05) is 18.1 Å². The second kappa shape index (κ2) is 9.38. The molecule has 2 aromatic rings. The van der Waals surface area contributed by atoms with Crippen LogP contribution >= 0.6 is 0 Å². The Bertz CT molecular complexity index is 1080. The van der Waals surface area contributed by atoms with Crippen molar-refractivity contribution in [2.45, 2.75) is 26.4 Å². The highest BCUT2D eigenvalue weighted by Gasteiger charge is 2.38. The van der Waals surface area contributed by atoms with E-state index < -0.39 is 40.4 Å². The number of hydrazine groups is 1. The number of carbonyl (C=O) groups is 4. The molecular formula is C22H21N3O7. The van der Waals surface area contributed by atoms with Gasteiger partial charge in [0.1, 0.15) is 5.56 Å². The van der Waals surface area contributed by atoms with Gasteiger partial charge in [0.15, 0.2) is 6.10 Å². The number of nitrogens with zero attached hydrogens (tertiary/aromatic N) is 2.